The number of carbonyl (C=O) groups is 2. The van der Waals surface area contributed by atoms with Crippen LogP contribution in [0.25, 0.3) is 17.0 Å². The van der Waals surface area contributed by atoms with Crippen LogP contribution in [0, 0.1) is 6.92 Å². The number of rotatable bonds is 5. The van der Waals surface area contributed by atoms with E-state index in [0.29, 0.717) is 14.9 Å². The van der Waals surface area contributed by atoms with E-state index in [-0.39, 0.29) is 11.5 Å². The number of carboxylic acids is 1. The van der Waals surface area contributed by atoms with Gasteiger partial charge in [-0.1, -0.05) is 78.6 Å². The minimum Gasteiger partial charge on any atom is -0.545 e. The third-order valence-corrected chi connectivity index (χ3v) is 7.14. The number of hydrogen-bond donors (Lipinski definition) is 0. The summed E-state index contributed by atoms with van der Waals surface area (Å²) in [6.07, 6.45) is 3.92. The number of hydrogen-bond acceptors (Lipinski definition) is 5. The number of thioether (sulfide) groups is 1. The van der Waals surface area contributed by atoms with Crippen LogP contribution in [0.4, 0.5) is 5.69 Å². The minimum absolute atomic E-state index is 0.00481. The number of aromatic nitrogens is 1. The van der Waals surface area contributed by atoms with Gasteiger partial charge in [-0.15, -0.1) is 0 Å². The first-order valence-corrected chi connectivity index (χ1v) is 11.9. The Hall–Kier alpha value is -3.68. The van der Waals surface area contributed by atoms with Crippen LogP contribution in [0.5, 0.6) is 0 Å². The molecule has 0 saturated carbocycles. The third-order valence-electron chi connectivity index (χ3n) is 5.84. The molecule has 34 heavy (non-hydrogen) atoms. The number of thiocarbonyl (C=S) groups is 1. The fourth-order valence-electron chi connectivity index (χ4n) is 4.10. The van der Waals surface area contributed by atoms with Crippen LogP contribution < -0.4 is 10.0 Å². The predicted molar refractivity (Wildman–Crippen MR) is 139 cm³/mol. The lowest BCUT2D eigenvalue weighted by Crippen LogP contribution is -2.28. The highest BCUT2D eigenvalue weighted by molar-refractivity contribution is 8.27. The summed E-state index contributed by atoms with van der Waals surface area (Å²) in [7, 11) is 0. The first kappa shape index (κ1) is 22.1. The van der Waals surface area contributed by atoms with Crippen molar-refractivity contribution in [3.05, 3.63) is 106 Å². The van der Waals surface area contributed by atoms with Crippen molar-refractivity contribution in [2.45, 2.75) is 13.5 Å². The third kappa shape index (κ3) is 4.04. The molecular formula is C27H19N2O3S2-. The molecule has 1 aliphatic heterocycles. The van der Waals surface area contributed by atoms with Crippen molar-refractivity contribution in [3.8, 4) is 0 Å². The van der Waals surface area contributed by atoms with Gasteiger partial charge in [-0.05, 0) is 47.9 Å². The van der Waals surface area contributed by atoms with Crippen LogP contribution in [0.3, 0.4) is 0 Å². The fourth-order valence-corrected chi connectivity index (χ4v) is 5.39. The topological polar surface area (TPSA) is 65.4 Å². The van der Waals surface area contributed by atoms with Gasteiger partial charge in [-0.2, -0.15) is 0 Å². The van der Waals surface area contributed by atoms with Crippen molar-refractivity contribution in [3.63, 3.8) is 0 Å². The largest absolute Gasteiger partial charge is 0.545 e. The van der Waals surface area contributed by atoms with Gasteiger partial charge in [-0.3, -0.25) is 9.69 Å². The first-order valence-electron chi connectivity index (χ1n) is 10.6. The van der Waals surface area contributed by atoms with Crippen LogP contribution in [-0.2, 0) is 11.3 Å². The van der Waals surface area contributed by atoms with Gasteiger partial charge >= 0.3 is 0 Å². The molecule has 0 radical (unpaired) electrons. The number of anilines is 1. The molecule has 168 valence electrons. The molecule has 0 spiro atoms. The summed E-state index contributed by atoms with van der Waals surface area (Å²) in [4.78, 5) is 26.4. The van der Waals surface area contributed by atoms with E-state index in [1.54, 1.807) is 12.1 Å². The quantitative estimate of drug-likeness (QED) is 0.302. The van der Waals surface area contributed by atoms with E-state index in [9.17, 15) is 14.7 Å². The number of amides is 1. The molecule has 2 heterocycles. The van der Waals surface area contributed by atoms with Gasteiger partial charge in [0.1, 0.15) is 0 Å². The van der Waals surface area contributed by atoms with E-state index in [1.165, 1.54) is 39.9 Å². The maximum absolute atomic E-state index is 13.3. The predicted octanol–water partition coefficient (Wildman–Crippen LogP) is 4.77. The maximum Gasteiger partial charge on any atom is 0.270 e. The number of fused-ring (bicyclic) bond motifs is 1. The van der Waals surface area contributed by atoms with E-state index in [4.69, 9.17) is 12.2 Å². The number of aromatic carboxylic acids is 1. The Bertz CT molecular complexity index is 1500. The summed E-state index contributed by atoms with van der Waals surface area (Å²) >= 11 is 6.67. The van der Waals surface area contributed by atoms with Gasteiger partial charge in [0.25, 0.3) is 5.91 Å². The zero-order valence-corrected chi connectivity index (χ0v) is 19.9. The summed E-state index contributed by atoms with van der Waals surface area (Å²) in [5.41, 5.74) is 4.86. The summed E-state index contributed by atoms with van der Waals surface area (Å²) in [5, 5.41) is 12.3. The number of carbonyl (C=O) groups excluding carboxylic acids is 2. The minimum atomic E-state index is -1.30. The van der Waals surface area contributed by atoms with Gasteiger partial charge in [0.15, 0.2) is 4.32 Å². The second kappa shape index (κ2) is 8.93. The molecular weight excluding hydrogens is 464 g/mol. The van der Waals surface area contributed by atoms with Crippen LogP contribution in [0.2, 0.25) is 0 Å². The number of benzene rings is 3. The van der Waals surface area contributed by atoms with E-state index in [0.717, 1.165) is 23.0 Å². The standard InChI is InChI=1S/C27H20N2O3S2/c1-17-7-2-3-8-19(17)15-28-16-20(22-11-4-5-12-23(22)28)14-24-25(30)29(27(33)34-24)21-10-6-9-18(13-21)26(31)32/h2-14,16H,15H2,1H3,(H,31,32)/p-1/b24-14-. The molecule has 5 nitrogen and oxygen atoms in total. The Morgan fingerprint density at radius 3 is 2.62 bits per heavy atom. The van der Waals surface area contributed by atoms with Crippen molar-refractivity contribution in [1.29, 1.82) is 0 Å². The lowest BCUT2D eigenvalue weighted by molar-refractivity contribution is -0.255. The lowest BCUT2D eigenvalue weighted by atomic mass is 10.1. The summed E-state index contributed by atoms with van der Waals surface area (Å²) in [6.45, 7) is 2.82. The molecule has 7 heteroatoms. The van der Waals surface area contributed by atoms with Crippen LogP contribution in [0.1, 0.15) is 27.0 Å². The Morgan fingerprint density at radius 1 is 1.06 bits per heavy atom. The Labute approximate surface area is 206 Å². The normalized spacial score (nSPS) is 15.0. The number of carboxylic acid groups (broad SMARTS) is 1. The Kier molecular flexibility index (Phi) is 5.81. The van der Waals surface area contributed by atoms with Crippen molar-refractivity contribution >= 4 is 62.8 Å². The van der Waals surface area contributed by atoms with Crippen LogP contribution in [-0.4, -0.2) is 20.8 Å². The molecule has 1 saturated heterocycles. The van der Waals surface area contributed by atoms with Crippen LogP contribution in [0.15, 0.2) is 83.9 Å². The molecule has 3 aromatic carbocycles. The monoisotopic (exact) mass is 483 g/mol. The van der Waals surface area contributed by atoms with E-state index in [1.807, 2.05) is 36.4 Å². The van der Waals surface area contributed by atoms with Crippen LogP contribution >= 0.6 is 24.0 Å². The Morgan fingerprint density at radius 2 is 1.82 bits per heavy atom. The highest BCUT2D eigenvalue weighted by atomic mass is 32.2. The number of para-hydroxylation sites is 1. The van der Waals surface area contributed by atoms with Gasteiger partial charge in [0.2, 0.25) is 0 Å². The van der Waals surface area contributed by atoms with Crippen molar-refractivity contribution in [1.82, 2.24) is 4.57 Å². The zero-order valence-electron chi connectivity index (χ0n) is 18.2. The summed E-state index contributed by atoms with van der Waals surface area (Å²) in [5.74, 6) is -1.58. The molecule has 0 atom stereocenters. The molecule has 1 aliphatic rings. The molecule has 0 bridgehead atoms. The summed E-state index contributed by atoms with van der Waals surface area (Å²) < 4.78 is 2.54. The van der Waals surface area contributed by atoms with E-state index >= 15 is 0 Å². The van der Waals surface area contributed by atoms with Crippen molar-refractivity contribution < 1.29 is 14.7 Å². The van der Waals surface area contributed by atoms with E-state index < -0.39 is 5.97 Å². The smallest absolute Gasteiger partial charge is 0.270 e. The van der Waals surface area contributed by atoms with Crippen molar-refractivity contribution in [2.75, 3.05) is 4.90 Å². The van der Waals surface area contributed by atoms with Gasteiger partial charge in [0.05, 0.1) is 16.6 Å². The molecule has 1 amide bonds. The number of nitrogens with zero attached hydrogens (tertiary/aromatic N) is 2. The highest BCUT2D eigenvalue weighted by Gasteiger charge is 2.33. The molecule has 5 rings (SSSR count). The summed E-state index contributed by atoms with van der Waals surface area (Å²) in [6, 6.07) is 22.4. The second-order valence-electron chi connectivity index (χ2n) is 8.01. The van der Waals surface area contributed by atoms with Gasteiger partial charge in [-0.25, -0.2) is 0 Å². The maximum atomic E-state index is 13.3. The van der Waals surface area contributed by atoms with Crippen molar-refractivity contribution in [2.24, 2.45) is 0 Å². The number of aryl methyl sites for hydroxylation is 1. The zero-order chi connectivity index (χ0) is 23.8. The lowest BCUT2D eigenvalue weighted by Gasteiger charge is -2.15. The first-order chi connectivity index (χ1) is 16.4. The average Bonchev–Trinajstić information content (AvgIpc) is 3.31. The van der Waals surface area contributed by atoms with Gasteiger partial charge < -0.3 is 14.5 Å². The molecule has 1 aromatic heterocycles. The average molecular weight is 484 g/mol. The molecule has 1 fully saturated rings. The SMILES string of the molecule is Cc1ccccc1Cn1cc(/C=C2\SC(=S)N(c3cccc(C(=O)[O-])c3)C2=O)c2ccccc21. The Balaban J connectivity index is 1.52. The van der Waals surface area contributed by atoms with E-state index in [2.05, 4.69) is 35.9 Å². The van der Waals surface area contributed by atoms with Gasteiger partial charge in [0, 0.05) is 29.2 Å². The molecule has 0 aliphatic carbocycles. The highest BCUT2D eigenvalue weighted by Crippen LogP contribution is 2.37. The molecule has 0 N–H and O–H groups in total. The second-order valence-corrected chi connectivity index (χ2v) is 9.69. The molecule has 4 aromatic rings. The fraction of sp³-hybridized carbons (Fsp3) is 0.0741. The molecule has 0 unspecified atom stereocenters.